The molecular weight excluding hydrogens is 248 g/mol. The van der Waals surface area contributed by atoms with Crippen LogP contribution in [0, 0.1) is 0 Å². The summed E-state index contributed by atoms with van der Waals surface area (Å²) in [7, 11) is 0. The first-order valence-corrected chi connectivity index (χ1v) is 4.13. The van der Waals surface area contributed by atoms with Crippen molar-refractivity contribution in [2.45, 2.75) is 13.0 Å². The van der Waals surface area contributed by atoms with Crippen LogP contribution in [0.15, 0.2) is 10.7 Å². The van der Waals surface area contributed by atoms with Gasteiger partial charge in [0.15, 0.2) is 0 Å². The average molecular weight is 254 g/mol. The molecule has 0 radical (unpaired) electrons. The third-order valence-corrected chi connectivity index (χ3v) is 1.85. The quantitative estimate of drug-likeness (QED) is 0.793. The summed E-state index contributed by atoms with van der Waals surface area (Å²) in [5, 5.41) is 17.9. The number of aromatic hydroxyl groups is 1. The Balaban J connectivity index is 3.27. The van der Waals surface area contributed by atoms with E-state index in [0.29, 0.717) is 0 Å². The number of rotatable bonds is 2. The van der Waals surface area contributed by atoms with E-state index in [0.717, 1.165) is 0 Å². The van der Waals surface area contributed by atoms with Crippen LogP contribution in [0.2, 0.25) is 0 Å². The summed E-state index contributed by atoms with van der Waals surface area (Å²) in [6.45, 7) is -0.507. The van der Waals surface area contributed by atoms with E-state index in [9.17, 15) is 8.78 Å². The number of aliphatic hydroxyl groups is 1. The highest BCUT2D eigenvalue weighted by molar-refractivity contribution is 9.10. The number of pyridine rings is 1. The van der Waals surface area contributed by atoms with Crippen LogP contribution in [0.1, 0.15) is 17.7 Å². The molecule has 3 nitrogen and oxygen atoms in total. The molecule has 1 aromatic heterocycles. The number of aliphatic hydroxyl groups excluding tert-OH is 1. The van der Waals surface area contributed by atoms with E-state index in [2.05, 4.69) is 20.9 Å². The average Bonchev–Trinajstić information content (AvgIpc) is 2.08. The molecule has 1 rings (SSSR count). The summed E-state index contributed by atoms with van der Waals surface area (Å²) < 4.78 is 24.6. The van der Waals surface area contributed by atoms with Gasteiger partial charge >= 0.3 is 0 Å². The van der Waals surface area contributed by atoms with Gasteiger partial charge in [0.05, 0.1) is 6.61 Å². The molecule has 72 valence electrons. The molecule has 6 heteroatoms. The van der Waals surface area contributed by atoms with Crippen molar-refractivity contribution < 1.29 is 19.0 Å². The van der Waals surface area contributed by atoms with Crippen molar-refractivity contribution in [2.24, 2.45) is 0 Å². The first kappa shape index (κ1) is 10.3. The van der Waals surface area contributed by atoms with Crippen molar-refractivity contribution in [3.05, 3.63) is 21.9 Å². The van der Waals surface area contributed by atoms with Crippen molar-refractivity contribution in [1.82, 2.24) is 4.98 Å². The molecule has 13 heavy (non-hydrogen) atoms. The van der Waals surface area contributed by atoms with Crippen LogP contribution in [0.25, 0.3) is 0 Å². The fourth-order valence-corrected chi connectivity index (χ4v) is 1.32. The van der Waals surface area contributed by atoms with E-state index in [4.69, 9.17) is 10.2 Å². The maximum atomic E-state index is 12.2. The van der Waals surface area contributed by atoms with Crippen LogP contribution in [0.4, 0.5) is 8.78 Å². The van der Waals surface area contributed by atoms with Gasteiger partial charge in [0, 0.05) is 5.56 Å². The molecule has 0 atom stereocenters. The van der Waals surface area contributed by atoms with Gasteiger partial charge in [0.1, 0.15) is 16.0 Å². The molecule has 1 heterocycles. The molecular formula is C7H6BrF2NO2. The summed E-state index contributed by atoms with van der Waals surface area (Å²) in [5.74, 6) is -0.652. The van der Waals surface area contributed by atoms with E-state index in [1.165, 1.54) is 6.07 Å². The van der Waals surface area contributed by atoms with Crippen LogP contribution in [0.3, 0.4) is 0 Å². The van der Waals surface area contributed by atoms with E-state index in [1.807, 2.05) is 0 Å². The Morgan fingerprint density at radius 3 is 2.62 bits per heavy atom. The van der Waals surface area contributed by atoms with Gasteiger partial charge in [0.25, 0.3) is 6.43 Å². The second-order valence-electron chi connectivity index (χ2n) is 2.30. The first-order chi connectivity index (χ1) is 6.06. The van der Waals surface area contributed by atoms with Gasteiger partial charge in [-0.15, -0.1) is 0 Å². The lowest BCUT2D eigenvalue weighted by atomic mass is 10.2. The Bertz CT molecular complexity index is 320. The SMILES string of the molecule is OCc1cc(Br)nc(C(F)F)c1O. The zero-order valence-electron chi connectivity index (χ0n) is 6.34. The van der Waals surface area contributed by atoms with Crippen molar-refractivity contribution in [2.75, 3.05) is 0 Å². The van der Waals surface area contributed by atoms with Crippen molar-refractivity contribution in [3.63, 3.8) is 0 Å². The maximum Gasteiger partial charge on any atom is 0.284 e. The Labute approximate surface area is 81.2 Å². The predicted octanol–water partition coefficient (Wildman–Crippen LogP) is 1.98. The van der Waals surface area contributed by atoms with Gasteiger partial charge in [-0.05, 0) is 22.0 Å². The minimum atomic E-state index is -2.86. The Morgan fingerprint density at radius 2 is 2.15 bits per heavy atom. The number of nitrogens with zero attached hydrogens (tertiary/aromatic N) is 1. The van der Waals surface area contributed by atoms with Crippen LogP contribution in [-0.2, 0) is 6.61 Å². The van der Waals surface area contributed by atoms with E-state index >= 15 is 0 Å². The van der Waals surface area contributed by atoms with E-state index in [1.54, 1.807) is 0 Å². The third kappa shape index (κ3) is 2.13. The van der Waals surface area contributed by atoms with Crippen molar-refractivity contribution in [1.29, 1.82) is 0 Å². The lowest BCUT2D eigenvalue weighted by Gasteiger charge is -2.06. The second kappa shape index (κ2) is 3.97. The smallest absolute Gasteiger partial charge is 0.284 e. The fraction of sp³-hybridized carbons (Fsp3) is 0.286. The van der Waals surface area contributed by atoms with Gasteiger partial charge in [-0.3, -0.25) is 0 Å². The molecule has 0 aliphatic carbocycles. The molecule has 0 fully saturated rings. The molecule has 0 spiro atoms. The molecule has 0 bridgehead atoms. The highest BCUT2D eigenvalue weighted by atomic mass is 79.9. The summed E-state index contributed by atoms with van der Waals surface area (Å²) in [5.41, 5.74) is -0.699. The van der Waals surface area contributed by atoms with Crippen LogP contribution < -0.4 is 0 Å². The number of aromatic nitrogens is 1. The van der Waals surface area contributed by atoms with Crippen molar-refractivity contribution in [3.8, 4) is 5.75 Å². The van der Waals surface area contributed by atoms with Crippen LogP contribution in [0.5, 0.6) is 5.75 Å². The molecule has 0 amide bonds. The molecule has 0 aromatic carbocycles. The van der Waals surface area contributed by atoms with Gasteiger partial charge in [0.2, 0.25) is 0 Å². The van der Waals surface area contributed by atoms with Crippen LogP contribution in [-0.4, -0.2) is 15.2 Å². The van der Waals surface area contributed by atoms with Gasteiger partial charge in [-0.1, -0.05) is 0 Å². The first-order valence-electron chi connectivity index (χ1n) is 3.33. The minimum absolute atomic E-state index is 0.0252. The number of halogens is 3. The van der Waals surface area contributed by atoms with E-state index < -0.39 is 24.5 Å². The second-order valence-corrected chi connectivity index (χ2v) is 3.11. The summed E-state index contributed by atoms with van der Waals surface area (Å²) in [6.07, 6.45) is -2.86. The predicted molar refractivity (Wildman–Crippen MR) is 44.5 cm³/mol. The van der Waals surface area contributed by atoms with Gasteiger partial charge in [-0.25, -0.2) is 13.8 Å². The Hall–Kier alpha value is -0.750. The fourth-order valence-electron chi connectivity index (χ4n) is 0.850. The van der Waals surface area contributed by atoms with Crippen molar-refractivity contribution >= 4 is 15.9 Å². The topological polar surface area (TPSA) is 53.4 Å². The number of hydrogen-bond donors (Lipinski definition) is 2. The molecule has 0 unspecified atom stereocenters. The molecule has 0 saturated carbocycles. The summed E-state index contributed by atoms with van der Waals surface area (Å²) >= 11 is 2.89. The molecule has 2 N–H and O–H groups in total. The largest absolute Gasteiger partial charge is 0.505 e. The van der Waals surface area contributed by atoms with Crippen LogP contribution >= 0.6 is 15.9 Å². The van der Waals surface area contributed by atoms with Gasteiger partial charge < -0.3 is 10.2 Å². The maximum absolute atomic E-state index is 12.2. The molecule has 0 aliphatic rings. The Kier molecular flexibility index (Phi) is 3.16. The normalized spacial score (nSPS) is 10.8. The van der Waals surface area contributed by atoms with Gasteiger partial charge in [-0.2, -0.15) is 0 Å². The highest BCUT2D eigenvalue weighted by Crippen LogP contribution is 2.31. The standard InChI is InChI=1S/C7H6BrF2NO2/c8-4-1-3(2-12)6(13)5(11-4)7(9)10/h1,7,12-13H,2H2. The lowest BCUT2D eigenvalue weighted by molar-refractivity contribution is 0.141. The lowest BCUT2D eigenvalue weighted by Crippen LogP contribution is -1.96. The number of hydrogen-bond acceptors (Lipinski definition) is 3. The molecule has 1 aromatic rings. The molecule has 0 aliphatic heterocycles. The zero-order chi connectivity index (χ0) is 10.0. The summed E-state index contributed by atoms with van der Waals surface area (Å²) in [4.78, 5) is 3.39. The monoisotopic (exact) mass is 253 g/mol. The zero-order valence-corrected chi connectivity index (χ0v) is 7.92. The third-order valence-electron chi connectivity index (χ3n) is 1.44. The highest BCUT2D eigenvalue weighted by Gasteiger charge is 2.18. The van der Waals surface area contributed by atoms with E-state index in [-0.39, 0.29) is 10.2 Å². The number of alkyl halides is 2. The Morgan fingerprint density at radius 1 is 1.54 bits per heavy atom. The molecule has 0 saturated heterocycles. The minimum Gasteiger partial charge on any atom is -0.505 e. The summed E-state index contributed by atoms with van der Waals surface area (Å²) in [6, 6.07) is 1.28.